The Labute approximate surface area is 134 Å². The SMILES string of the molecule is C=C/C=C(\C=C/C)CCC(=O)Nc1cc(Cl)c(O)c(Cl)c1. The van der Waals surface area contributed by atoms with E-state index in [1.54, 1.807) is 6.08 Å². The predicted octanol–water partition coefficient (Wildman–Crippen LogP) is 5.11. The van der Waals surface area contributed by atoms with Gasteiger partial charge in [0, 0.05) is 12.1 Å². The van der Waals surface area contributed by atoms with E-state index in [-0.39, 0.29) is 21.7 Å². The van der Waals surface area contributed by atoms with Gasteiger partial charge in [0.15, 0.2) is 5.75 Å². The second-order valence-electron chi connectivity index (χ2n) is 4.31. The van der Waals surface area contributed by atoms with Crippen LogP contribution < -0.4 is 5.32 Å². The molecule has 0 unspecified atom stereocenters. The average Bonchev–Trinajstić information content (AvgIpc) is 2.42. The molecular weight excluding hydrogens is 309 g/mol. The monoisotopic (exact) mass is 325 g/mol. The zero-order chi connectivity index (χ0) is 15.8. The molecule has 0 aromatic heterocycles. The highest BCUT2D eigenvalue weighted by atomic mass is 35.5. The largest absolute Gasteiger partial charge is 0.505 e. The topological polar surface area (TPSA) is 49.3 Å². The normalized spacial score (nSPS) is 11.7. The summed E-state index contributed by atoms with van der Waals surface area (Å²) < 4.78 is 0. The predicted molar refractivity (Wildman–Crippen MR) is 89.1 cm³/mol. The molecule has 21 heavy (non-hydrogen) atoms. The van der Waals surface area contributed by atoms with Gasteiger partial charge in [-0.3, -0.25) is 4.79 Å². The number of hydrogen-bond donors (Lipinski definition) is 2. The fourth-order valence-electron chi connectivity index (χ4n) is 1.71. The number of allylic oxidation sites excluding steroid dienone is 5. The molecule has 0 saturated heterocycles. The summed E-state index contributed by atoms with van der Waals surface area (Å²) in [7, 11) is 0. The minimum Gasteiger partial charge on any atom is -0.505 e. The molecular formula is C16H17Cl2NO2. The van der Waals surface area contributed by atoms with Crippen LogP contribution in [0.5, 0.6) is 5.75 Å². The van der Waals surface area contributed by atoms with Crippen LogP contribution in [0.2, 0.25) is 10.0 Å². The van der Waals surface area contributed by atoms with E-state index in [1.165, 1.54) is 12.1 Å². The molecule has 1 rings (SSSR count). The number of rotatable bonds is 6. The van der Waals surface area contributed by atoms with Gasteiger partial charge in [-0.05, 0) is 31.1 Å². The van der Waals surface area contributed by atoms with Gasteiger partial charge in [0.05, 0.1) is 10.0 Å². The summed E-state index contributed by atoms with van der Waals surface area (Å²) in [5.74, 6) is -0.354. The van der Waals surface area contributed by atoms with Crippen LogP contribution in [0, 0.1) is 0 Å². The maximum atomic E-state index is 11.9. The first-order valence-electron chi connectivity index (χ1n) is 6.40. The van der Waals surface area contributed by atoms with Crippen molar-refractivity contribution < 1.29 is 9.90 Å². The van der Waals surface area contributed by atoms with Crippen LogP contribution in [0.15, 0.2) is 48.6 Å². The van der Waals surface area contributed by atoms with Crippen molar-refractivity contribution in [1.82, 2.24) is 0 Å². The first kappa shape index (κ1) is 17.3. The highest BCUT2D eigenvalue weighted by molar-refractivity contribution is 6.37. The highest BCUT2D eigenvalue weighted by Crippen LogP contribution is 2.34. The molecule has 0 saturated carbocycles. The van der Waals surface area contributed by atoms with Crippen molar-refractivity contribution in [2.24, 2.45) is 0 Å². The standard InChI is InChI=1S/C16H17Cl2NO2/c1-3-5-11(6-4-2)7-8-15(20)19-12-9-13(17)16(21)14(18)10-12/h3-6,9-10,21H,1,7-8H2,2H3,(H,19,20)/b6-4-,11-5+. The van der Waals surface area contributed by atoms with Crippen molar-refractivity contribution in [3.8, 4) is 5.75 Å². The summed E-state index contributed by atoms with van der Waals surface area (Å²) in [6.45, 7) is 5.56. The molecule has 0 bridgehead atoms. The van der Waals surface area contributed by atoms with E-state index in [9.17, 15) is 9.90 Å². The van der Waals surface area contributed by atoms with Crippen molar-refractivity contribution in [2.45, 2.75) is 19.8 Å². The smallest absolute Gasteiger partial charge is 0.224 e. The lowest BCUT2D eigenvalue weighted by Crippen LogP contribution is -2.11. The lowest BCUT2D eigenvalue weighted by molar-refractivity contribution is -0.116. The van der Waals surface area contributed by atoms with Crippen molar-refractivity contribution >= 4 is 34.8 Å². The van der Waals surface area contributed by atoms with E-state index in [1.807, 2.05) is 25.2 Å². The third-order valence-electron chi connectivity index (χ3n) is 2.65. The summed E-state index contributed by atoms with van der Waals surface area (Å²) in [6, 6.07) is 2.90. The second-order valence-corrected chi connectivity index (χ2v) is 5.13. The Bertz CT molecular complexity index is 569. The Kier molecular flexibility index (Phi) is 7.06. The highest BCUT2D eigenvalue weighted by Gasteiger charge is 2.09. The maximum Gasteiger partial charge on any atom is 0.224 e. The number of carbonyl (C=O) groups is 1. The van der Waals surface area contributed by atoms with Crippen molar-refractivity contribution in [2.75, 3.05) is 5.32 Å². The van der Waals surface area contributed by atoms with Crippen LogP contribution in [-0.4, -0.2) is 11.0 Å². The molecule has 5 heteroatoms. The number of halogens is 2. The first-order valence-corrected chi connectivity index (χ1v) is 7.15. The molecule has 1 aromatic carbocycles. The van der Waals surface area contributed by atoms with Gasteiger partial charge in [0.2, 0.25) is 5.91 Å². The molecule has 0 radical (unpaired) electrons. The Morgan fingerprint density at radius 3 is 2.48 bits per heavy atom. The second kappa shape index (κ2) is 8.55. The van der Waals surface area contributed by atoms with E-state index in [2.05, 4.69) is 11.9 Å². The van der Waals surface area contributed by atoms with Crippen LogP contribution in [0.25, 0.3) is 0 Å². The lowest BCUT2D eigenvalue weighted by Gasteiger charge is -2.08. The number of phenolic OH excluding ortho intramolecular Hbond substituents is 1. The van der Waals surface area contributed by atoms with E-state index in [0.29, 0.717) is 18.5 Å². The quantitative estimate of drug-likeness (QED) is 0.564. The molecule has 1 aromatic rings. The minimum absolute atomic E-state index is 0.0963. The van der Waals surface area contributed by atoms with Gasteiger partial charge in [-0.25, -0.2) is 0 Å². The average molecular weight is 326 g/mol. The number of aromatic hydroxyl groups is 1. The minimum atomic E-state index is -0.194. The molecule has 0 heterocycles. The van der Waals surface area contributed by atoms with Gasteiger partial charge in [-0.2, -0.15) is 0 Å². The summed E-state index contributed by atoms with van der Waals surface area (Å²) >= 11 is 11.6. The van der Waals surface area contributed by atoms with Crippen LogP contribution in [0.3, 0.4) is 0 Å². The molecule has 0 spiro atoms. The number of anilines is 1. The number of nitrogens with one attached hydrogen (secondary N) is 1. The fourth-order valence-corrected chi connectivity index (χ4v) is 2.19. The molecule has 0 aliphatic rings. The van der Waals surface area contributed by atoms with Crippen LogP contribution in [0.1, 0.15) is 19.8 Å². The number of benzene rings is 1. The van der Waals surface area contributed by atoms with Crippen molar-refractivity contribution in [3.05, 3.63) is 58.6 Å². The first-order chi connectivity index (χ1) is 9.97. The van der Waals surface area contributed by atoms with Gasteiger partial charge < -0.3 is 10.4 Å². The van der Waals surface area contributed by atoms with Crippen LogP contribution in [0.4, 0.5) is 5.69 Å². The molecule has 2 N–H and O–H groups in total. The third kappa shape index (κ3) is 5.66. The lowest BCUT2D eigenvalue weighted by atomic mass is 10.1. The molecule has 0 aliphatic heterocycles. The third-order valence-corrected chi connectivity index (χ3v) is 3.23. The summed E-state index contributed by atoms with van der Waals surface area (Å²) in [5, 5.41) is 12.3. The molecule has 112 valence electrons. The number of amides is 1. The Hall–Kier alpha value is -1.71. The van der Waals surface area contributed by atoms with Gasteiger partial charge in [0.1, 0.15) is 0 Å². The van der Waals surface area contributed by atoms with Crippen molar-refractivity contribution in [1.29, 1.82) is 0 Å². The molecule has 3 nitrogen and oxygen atoms in total. The van der Waals surface area contributed by atoms with Crippen LogP contribution >= 0.6 is 23.2 Å². The van der Waals surface area contributed by atoms with Gasteiger partial charge in [-0.1, -0.05) is 54.1 Å². The number of phenols is 1. The molecule has 1 amide bonds. The van der Waals surface area contributed by atoms with E-state index < -0.39 is 0 Å². The van der Waals surface area contributed by atoms with E-state index in [0.717, 1.165) is 5.57 Å². The number of carbonyl (C=O) groups excluding carboxylic acids is 1. The summed E-state index contributed by atoms with van der Waals surface area (Å²) in [6.07, 6.45) is 8.31. The van der Waals surface area contributed by atoms with E-state index >= 15 is 0 Å². The molecule has 0 aliphatic carbocycles. The van der Waals surface area contributed by atoms with Crippen molar-refractivity contribution in [3.63, 3.8) is 0 Å². The zero-order valence-electron chi connectivity index (χ0n) is 11.7. The Morgan fingerprint density at radius 2 is 1.95 bits per heavy atom. The Morgan fingerprint density at radius 1 is 1.33 bits per heavy atom. The number of hydrogen-bond acceptors (Lipinski definition) is 2. The summed E-state index contributed by atoms with van der Waals surface area (Å²) in [4.78, 5) is 11.9. The van der Waals surface area contributed by atoms with E-state index in [4.69, 9.17) is 23.2 Å². The van der Waals surface area contributed by atoms with Gasteiger partial charge >= 0.3 is 0 Å². The summed E-state index contributed by atoms with van der Waals surface area (Å²) in [5.41, 5.74) is 1.47. The molecule has 0 fully saturated rings. The van der Waals surface area contributed by atoms with Crippen LogP contribution in [-0.2, 0) is 4.79 Å². The zero-order valence-corrected chi connectivity index (χ0v) is 13.2. The fraction of sp³-hybridized carbons (Fsp3) is 0.188. The van der Waals surface area contributed by atoms with Gasteiger partial charge in [0.25, 0.3) is 0 Å². The maximum absolute atomic E-state index is 11.9. The molecule has 0 atom stereocenters. The van der Waals surface area contributed by atoms with Gasteiger partial charge in [-0.15, -0.1) is 0 Å². The Balaban J connectivity index is 2.66.